The predicted octanol–water partition coefficient (Wildman–Crippen LogP) is 4.25. The molecule has 26 heavy (non-hydrogen) atoms. The Morgan fingerprint density at radius 2 is 2.12 bits per heavy atom. The van der Waals surface area contributed by atoms with Crippen LogP contribution in [0.5, 0.6) is 17.2 Å². The maximum atomic E-state index is 9.50. The van der Waals surface area contributed by atoms with E-state index < -0.39 is 0 Å². The first-order chi connectivity index (χ1) is 12.7. The number of halogens is 1. The topological polar surface area (TPSA) is 30.9 Å². The molecule has 1 saturated heterocycles. The van der Waals surface area contributed by atoms with E-state index in [2.05, 4.69) is 31.2 Å². The molecule has 2 aliphatic heterocycles. The van der Waals surface area contributed by atoms with Crippen molar-refractivity contribution in [3.63, 3.8) is 0 Å². The van der Waals surface area contributed by atoms with Crippen molar-refractivity contribution < 1.29 is 18.6 Å². The lowest BCUT2D eigenvalue weighted by Gasteiger charge is -2.37. The lowest BCUT2D eigenvalue weighted by Crippen LogP contribution is -2.41. The molecule has 2 unspecified atom stereocenters. The van der Waals surface area contributed by atoms with Crippen molar-refractivity contribution in [2.75, 3.05) is 40.7 Å². The summed E-state index contributed by atoms with van der Waals surface area (Å²) in [7, 11) is 2.66. The van der Waals surface area contributed by atoms with E-state index >= 15 is 0 Å². The van der Waals surface area contributed by atoms with Crippen LogP contribution < -0.4 is 14.2 Å². The largest absolute Gasteiger partial charge is 0.493 e. The van der Waals surface area contributed by atoms with Crippen LogP contribution in [0.3, 0.4) is 0 Å². The highest BCUT2D eigenvalue weighted by Gasteiger charge is 2.29. The van der Waals surface area contributed by atoms with Crippen molar-refractivity contribution in [1.29, 1.82) is 0 Å². The number of piperidine rings is 1. The molecule has 3 rings (SSSR count). The van der Waals surface area contributed by atoms with Gasteiger partial charge in [-0.3, -0.25) is 4.39 Å². The van der Waals surface area contributed by atoms with Crippen LogP contribution >= 0.6 is 0 Å². The highest BCUT2D eigenvalue weighted by molar-refractivity contribution is 5.46. The number of ether oxygens (including phenoxy) is 3. The Morgan fingerprint density at radius 3 is 2.88 bits per heavy atom. The molecule has 0 amide bonds. The third kappa shape index (κ3) is 5.11. The summed E-state index contributed by atoms with van der Waals surface area (Å²) in [5.74, 6) is 3.20. The molecule has 0 bridgehead atoms. The van der Waals surface area contributed by atoms with Crippen molar-refractivity contribution in [2.24, 2.45) is 11.8 Å². The first-order valence-electron chi connectivity index (χ1n) is 8.74. The Labute approximate surface area is 155 Å². The number of fused-ring (bicyclic) bond motifs is 1. The van der Waals surface area contributed by atoms with Crippen LogP contribution in [0, 0.1) is 11.8 Å². The van der Waals surface area contributed by atoms with Gasteiger partial charge in [0.15, 0.2) is 11.5 Å². The highest BCUT2D eigenvalue weighted by atomic mass is 19.1. The summed E-state index contributed by atoms with van der Waals surface area (Å²) in [4.78, 5) is 2.36. The summed E-state index contributed by atoms with van der Waals surface area (Å²) >= 11 is 0. The first kappa shape index (κ1) is 20.0. The molecular formula is C21H28FNO3. The number of nitrogens with zero attached hydrogens (tertiary/aromatic N) is 1. The minimum absolute atomic E-state index is 0.281. The van der Waals surface area contributed by atoms with E-state index in [9.17, 15) is 4.39 Å². The SMILES string of the molecule is C=C/C=C\C(=C)C1CCN(C)CC1COc1ccc2c(c1)OCO2.CF. The Kier molecular flexibility index (Phi) is 7.73. The normalized spacial score (nSPS) is 21.8. The molecule has 0 aliphatic carbocycles. The predicted molar refractivity (Wildman–Crippen MR) is 103 cm³/mol. The average molecular weight is 361 g/mol. The fraction of sp³-hybridized carbons (Fsp3) is 0.429. The van der Waals surface area contributed by atoms with Gasteiger partial charge in [-0.2, -0.15) is 0 Å². The highest BCUT2D eigenvalue weighted by Crippen LogP contribution is 2.36. The third-order valence-electron chi connectivity index (χ3n) is 4.67. The fourth-order valence-corrected chi connectivity index (χ4v) is 3.36. The Bertz CT molecular complexity index is 644. The number of hydrogen-bond acceptors (Lipinski definition) is 4. The second-order valence-electron chi connectivity index (χ2n) is 6.41. The van der Waals surface area contributed by atoms with Gasteiger partial charge >= 0.3 is 0 Å². The van der Waals surface area contributed by atoms with Crippen LogP contribution in [0.1, 0.15) is 6.42 Å². The van der Waals surface area contributed by atoms with E-state index in [0.717, 1.165) is 42.3 Å². The number of rotatable bonds is 6. The van der Waals surface area contributed by atoms with Gasteiger partial charge < -0.3 is 19.1 Å². The molecule has 0 aromatic heterocycles. The molecule has 0 spiro atoms. The molecule has 2 aliphatic rings. The maximum absolute atomic E-state index is 9.50. The van der Waals surface area contributed by atoms with Gasteiger partial charge in [-0.25, -0.2) is 0 Å². The number of likely N-dealkylation sites (tertiary alicyclic amines) is 1. The molecule has 0 radical (unpaired) electrons. The van der Waals surface area contributed by atoms with E-state index in [-0.39, 0.29) is 6.79 Å². The van der Waals surface area contributed by atoms with E-state index in [4.69, 9.17) is 14.2 Å². The number of alkyl halides is 1. The molecule has 5 heteroatoms. The van der Waals surface area contributed by atoms with Gasteiger partial charge in [0.25, 0.3) is 0 Å². The zero-order valence-corrected chi connectivity index (χ0v) is 15.6. The monoisotopic (exact) mass is 361 g/mol. The van der Waals surface area contributed by atoms with Crippen molar-refractivity contribution in [3.8, 4) is 17.2 Å². The van der Waals surface area contributed by atoms with E-state index in [1.54, 1.807) is 6.08 Å². The average Bonchev–Trinajstić information content (AvgIpc) is 3.14. The molecule has 4 nitrogen and oxygen atoms in total. The quantitative estimate of drug-likeness (QED) is 0.709. The fourth-order valence-electron chi connectivity index (χ4n) is 3.36. The Balaban J connectivity index is 0.00000117. The van der Waals surface area contributed by atoms with Crippen LogP contribution in [-0.4, -0.2) is 45.6 Å². The van der Waals surface area contributed by atoms with Crippen LogP contribution in [0.4, 0.5) is 4.39 Å². The second kappa shape index (κ2) is 10.0. The smallest absolute Gasteiger partial charge is 0.231 e. The van der Waals surface area contributed by atoms with Gasteiger partial charge in [-0.05, 0) is 38.1 Å². The molecular weight excluding hydrogens is 333 g/mol. The van der Waals surface area contributed by atoms with Crippen LogP contribution in [-0.2, 0) is 0 Å². The summed E-state index contributed by atoms with van der Waals surface area (Å²) < 4.78 is 26.3. The minimum atomic E-state index is 0.281. The first-order valence-corrected chi connectivity index (χ1v) is 8.74. The summed E-state index contributed by atoms with van der Waals surface area (Å²) in [6.45, 7) is 11.0. The minimum Gasteiger partial charge on any atom is -0.493 e. The Morgan fingerprint density at radius 1 is 1.35 bits per heavy atom. The number of benzene rings is 1. The van der Waals surface area contributed by atoms with Gasteiger partial charge in [-0.1, -0.05) is 37.0 Å². The van der Waals surface area contributed by atoms with E-state index in [1.165, 1.54) is 0 Å². The van der Waals surface area contributed by atoms with Gasteiger partial charge in [0.05, 0.1) is 13.8 Å². The lowest BCUT2D eigenvalue weighted by molar-refractivity contribution is 0.114. The van der Waals surface area contributed by atoms with Gasteiger partial charge in [0, 0.05) is 18.5 Å². The van der Waals surface area contributed by atoms with E-state index in [0.29, 0.717) is 25.6 Å². The third-order valence-corrected chi connectivity index (χ3v) is 4.67. The van der Waals surface area contributed by atoms with Crippen molar-refractivity contribution in [3.05, 3.63) is 55.2 Å². The lowest BCUT2D eigenvalue weighted by atomic mass is 9.81. The molecule has 1 aromatic carbocycles. The summed E-state index contributed by atoms with van der Waals surface area (Å²) in [5, 5.41) is 0. The molecule has 2 atom stereocenters. The van der Waals surface area contributed by atoms with Gasteiger partial charge in [0.2, 0.25) is 6.79 Å². The summed E-state index contributed by atoms with van der Waals surface area (Å²) in [5.41, 5.74) is 1.15. The van der Waals surface area contributed by atoms with Crippen LogP contribution in [0.25, 0.3) is 0 Å². The summed E-state index contributed by atoms with van der Waals surface area (Å²) in [6, 6.07) is 5.73. The maximum Gasteiger partial charge on any atom is 0.231 e. The molecule has 1 fully saturated rings. The standard InChI is InChI=1S/C20H25NO3.CH3F/c1-4-5-6-15(2)18-9-10-21(3)12-16(18)13-22-17-7-8-19-20(11-17)24-14-23-19;1-2/h4-8,11,16,18H,1-2,9-10,12-14H2,3H3;1H3/b6-5-;. The van der Waals surface area contributed by atoms with Gasteiger partial charge in [-0.15, -0.1) is 0 Å². The molecule has 142 valence electrons. The zero-order chi connectivity index (χ0) is 18.9. The zero-order valence-electron chi connectivity index (χ0n) is 15.6. The molecule has 0 saturated carbocycles. The van der Waals surface area contributed by atoms with Crippen molar-refractivity contribution >= 4 is 0 Å². The van der Waals surface area contributed by atoms with Crippen LogP contribution in [0.2, 0.25) is 0 Å². The van der Waals surface area contributed by atoms with E-state index in [1.807, 2.05) is 24.3 Å². The number of allylic oxidation sites excluding steroid dienone is 4. The van der Waals surface area contributed by atoms with Crippen molar-refractivity contribution in [2.45, 2.75) is 6.42 Å². The number of hydrogen-bond donors (Lipinski definition) is 0. The molecule has 0 N–H and O–H groups in total. The van der Waals surface area contributed by atoms with Gasteiger partial charge in [0.1, 0.15) is 5.75 Å². The van der Waals surface area contributed by atoms with Crippen LogP contribution in [0.15, 0.2) is 55.2 Å². The molecule has 1 aromatic rings. The Hall–Kier alpha value is -2.27. The second-order valence-corrected chi connectivity index (χ2v) is 6.41. The molecule has 2 heterocycles. The summed E-state index contributed by atoms with van der Waals surface area (Å²) in [6.07, 6.45) is 6.91. The van der Waals surface area contributed by atoms with Crippen molar-refractivity contribution in [1.82, 2.24) is 4.90 Å².